The monoisotopic (exact) mass is 273 g/mol. The highest BCUT2D eigenvalue weighted by atomic mass is 19.1. The Morgan fingerprint density at radius 2 is 1.70 bits per heavy atom. The summed E-state index contributed by atoms with van der Waals surface area (Å²) in [7, 11) is 1.80. The van der Waals surface area contributed by atoms with Gasteiger partial charge >= 0.3 is 0 Å². The summed E-state index contributed by atoms with van der Waals surface area (Å²) in [5, 5.41) is 2.97. The molecule has 0 atom stereocenters. The molecule has 0 saturated carbocycles. The highest BCUT2D eigenvalue weighted by Gasteiger charge is 2.13. The maximum absolute atomic E-state index is 13.7. The van der Waals surface area contributed by atoms with Crippen molar-refractivity contribution in [3.63, 3.8) is 0 Å². The number of fused-ring (bicyclic) bond motifs is 1. The van der Waals surface area contributed by atoms with Gasteiger partial charge in [0.15, 0.2) is 11.5 Å². The summed E-state index contributed by atoms with van der Waals surface area (Å²) in [6.07, 6.45) is 0. The van der Waals surface area contributed by atoms with Gasteiger partial charge in [-0.05, 0) is 42.4 Å². The van der Waals surface area contributed by atoms with Crippen LogP contribution in [0.25, 0.3) is 11.1 Å². The summed E-state index contributed by atoms with van der Waals surface area (Å²) in [5.41, 5.74) is 2.61. The van der Waals surface area contributed by atoms with Crippen LogP contribution in [0.3, 0.4) is 0 Å². The van der Waals surface area contributed by atoms with Crippen LogP contribution in [0.5, 0.6) is 11.5 Å². The fourth-order valence-corrected chi connectivity index (χ4v) is 2.30. The number of nitrogens with one attached hydrogen (secondary N) is 1. The molecule has 0 saturated heterocycles. The molecule has 1 aliphatic rings. The molecule has 2 aromatic rings. The van der Waals surface area contributed by atoms with Gasteiger partial charge in [0.25, 0.3) is 0 Å². The first kappa shape index (κ1) is 12.9. The zero-order valence-corrected chi connectivity index (χ0v) is 11.3. The standard InChI is InChI=1S/C16H16FNO2/c1-18-10-13-8-11(2-4-14(13)17)12-3-5-15-16(9-12)20-7-6-19-15/h2-5,8-9,18H,6-7,10H2,1H3. The van der Waals surface area contributed by atoms with Gasteiger partial charge in [0.05, 0.1) is 0 Å². The van der Waals surface area contributed by atoms with Gasteiger partial charge in [0, 0.05) is 12.1 Å². The van der Waals surface area contributed by atoms with Crippen molar-refractivity contribution in [1.29, 1.82) is 0 Å². The van der Waals surface area contributed by atoms with Crippen LogP contribution >= 0.6 is 0 Å². The first-order valence-corrected chi connectivity index (χ1v) is 6.61. The van der Waals surface area contributed by atoms with E-state index in [1.807, 2.05) is 24.3 Å². The van der Waals surface area contributed by atoms with Crippen molar-refractivity contribution in [2.24, 2.45) is 0 Å². The van der Waals surface area contributed by atoms with Crippen molar-refractivity contribution in [2.75, 3.05) is 20.3 Å². The fraction of sp³-hybridized carbons (Fsp3) is 0.250. The normalized spacial score (nSPS) is 13.3. The largest absolute Gasteiger partial charge is 0.486 e. The van der Waals surface area contributed by atoms with E-state index in [4.69, 9.17) is 9.47 Å². The van der Waals surface area contributed by atoms with E-state index in [1.165, 1.54) is 6.07 Å². The average Bonchev–Trinajstić information content (AvgIpc) is 2.49. The quantitative estimate of drug-likeness (QED) is 0.932. The van der Waals surface area contributed by atoms with Crippen LogP contribution < -0.4 is 14.8 Å². The van der Waals surface area contributed by atoms with Crippen LogP contribution in [0, 0.1) is 5.82 Å². The molecule has 0 amide bonds. The summed E-state index contributed by atoms with van der Waals surface area (Å²) in [6.45, 7) is 1.64. The lowest BCUT2D eigenvalue weighted by molar-refractivity contribution is 0.171. The first-order chi connectivity index (χ1) is 9.78. The molecule has 1 aliphatic heterocycles. The molecule has 3 nitrogen and oxygen atoms in total. The van der Waals surface area contributed by atoms with Gasteiger partial charge in [-0.15, -0.1) is 0 Å². The van der Waals surface area contributed by atoms with E-state index in [1.54, 1.807) is 13.1 Å². The number of hydrogen-bond acceptors (Lipinski definition) is 3. The van der Waals surface area contributed by atoms with Crippen molar-refractivity contribution in [2.45, 2.75) is 6.54 Å². The molecule has 4 heteroatoms. The number of hydrogen-bond donors (Lipinski definition) is 1. The molecule has 20 heavy (non-hydrogen) atoms. The molecule has 0 aliphatic carbocycles. The fourth-order valence-electron chi connectivity index (χ4n) is 2.30. The van der Waals surface area contributed by atoms with Crippen LogP contribution in [0.15, 0.2) is 36.4 Å². The Kier molecular flexibility index (Phi) is 3.56. The van der Waals surface area contributed by atoms with E-state index >= 15 is 0 Å². The topological polar surface area (TPSA) is 30.5 Å². The third kappa shape index (κ3) is 2.47. The van der Waals surface area contributed by atoms with Gasteiger partial charge < -0.3 is 14.8 Å². The molecule has 0 bridgehead atoms. The van der Waals surface area contributed by atoms with Gasteiger partial charge in [0.1, 0.15) is 19.0 Å². The lowest BCUT2D eigenvalue weighted by Crippen LogP contribution is -2.15. The van der Waals surface area contributed by atoms with Gasteiger partial charge in [0.2, 0.25) is 0 Å². The molecular formula is C16H16FNO2. The summed E-state index contributed by atoms with van der Waals surface area (Å²) >= 11 is 0. The molecular weight excluding hydrogens is 257 g/mol. The van der Waals surface area contributed by atoms with E-state index < -0.39 is 0 Å². The smallest absolute Gasteiger partial charge is 0.161 e. The van der Waals surface area contributed by atoms with E-state index in [0.29, 0.717) is 25.3 Å². The summed E-state index contributed by atoms with van der Waals surface area (Å²) in [5.74, 6) is 1.31. The molecule has 1 N–H and O–H groups in total. The van der Waals surface area contributed by atoms with Gasteiger partial charge in [-0.1, -0.05) is 12.1 Å². The van der Waals surface area contributed by atoms with E-state index in [-0.39, 0.29) is 5.82 Å². The third-order valence-corrected chi connectivity index (χ3v) is 3.29. The zero-order valence-electron chi connectivity index (χ0n) is 11.3. The van der Waals surface area contributed by atoms with Crippen molar-refractivity contribution in [1.82, 2.24) is 5.32 Å². The maximum atomic E-state index is 13.7. The van der Waals surface area contributed by atoms with Crippen LogP contribution in [-0.4, -0.2) is 20.3 Å². The molecule has 3 rings (SSSR count). The molecule has 0 unspecified atom stereocenters. The van der Waals surface area contributed by atoms with Crippen molar-refractivity contribution < 1.29 is 13.9 Å². The zero-order chi connectivity index (χ0) is 13.9. The molecule has 0 radical (unpaired) electrons. The minimum absolute atomic E-state index is 0.194. The number of halogens is 1. The molecule has 0 fully saturated rings. The third-order valence-electron chi connectivity index (χ3n) is 3.29. The Balaban J connectivity index is 1.98. The minimum atomic E-state index is -0.194. The molecule has 2 aromatic carbocycles. The lowest BCUT2D eigenvalue weighted by atomic mass is 10.0. The van der Waals surface area contributed by atoms with E-state index in [9.17, 15) is 4.39 Å². The van der Waals surface area contributed by atoms with Crippen molar-refractivity contribution >= 4 is 0 Å². The lowest BCUT2D eigenvalue weighted by Gasteiger charge is -2.19. The number of rotatable bonds is 3. The second-order valence-electron chi connectivity index (χ2n) is 4.69. The molecule has 1 heterocycles. The van der Waals surface area contributed by atoms with E-state index in [2.05, 4.69) is 5.32 Å². The van der Waals surface area contributed by atoms with Crippen molar-refractivity contribution in [3.05, 3.63) is 47.8 Å². The molecule has 104 valence electrons. The van der Waals surface area contributed by atoms with Crippen LogP contribution in [-0.2, 0) is 6.54 Å². The second-order valence-corrected chi connectivity index (χ2v) is 4.69. The summed E-state index contributed by atoms with van der Waals surface area (Å²) < 4.78 is 24.7. The Morgan fingerprint density at radius 3 is 2.50 bits per heavy atom. The van der Waals surface area contributed by atoms with Crippen molar-refractivity contribution in [3.8, 4) is 22.6 Å². The Labute approximate surface area is 117 Å². The van der Waals surface area contributed by atoms with Gasteiger partial charge in [-0.3, -0.25) is 0 Å². The van der Waals surface area contributed by atoms with Crippen LogP contribution in [0.1, 0.15) is 5.56 Å². The minimum Gasteiger partial charge on any atom is -0.486 e. The highest BCUT2D eigenvalue weighted by Crippen LogP contribution is 2.34. The Bertz CT molecular complexity index is 628. The number of ether oxygens (including phenoxy) is 2. The summed E-state index contributed by atoms with van der Waals surface area (Å²) in [4.78, 5) is 0. The number of benzene rings is 2. The van der Waals surface area contributed by atoms with Gasteiger partial charge in [-0.25, -0.2) is 4.39 Å². The van der Waals surface area contributed by atoms with Crippen LogP contribution in [0.4, 0.5) is 4.39 Å². The molecule has 0 aromatic heterocycles. The first-order valence-electron chi connectivity index (χ1n) is 6.61. The Hall–Kier alpha value is -2.07. The summed E-state index contributed by atoms with van der Waals surface area (Å²) in [6, 6.07) is 10.9. The maximum Gasteiger partial charge on any atom is 0.161 e. The van der Waals surface area contributed by atoms with Gasteiger partial charge in [-0.2, -0.15) is 0 Å². The second kappa shape index (κ2) is 5.51. The average molecular weight is 273 g/mol. The van der Waals surface area contributed by atoms with E-state index in [0.717, 1.165) is 22.6 Å². The predicted molar refractivity (Wildman–Crippen MR) is 75.6 cm³/mol. The SMILES string of the molecule is CNCc1cc(-c2ccc3c(c2)OCCO3)ccc1F. The predicted octanol–water partition coefficient (Wildman–Crippen LogP) is 2.98. The Morgan fingerprint density at radius 1 is 1.00 bits per heavy atom. The molecule has 0 spiro atoms. The highest BCUT2D eigenvalue weighted by molar-refractivity contribution is 5.68. The van der Waals surface area contributed by atoms with Crippen LogP contribution in [0.2, 0.25) is 0 Å².